The van der Waals surface area contributed by atoms with Gasteiger partial charge in [-0.15, -0.1) is 0 Å². The van der Waals surface area contributed by atoms with Crippen LogP contribution in [-0.4, -0.2) is 54.8 Å². The predicted molar refractivity (Wildman–Crippen MR) is 70.0 cm³/mol. The van der Waals surface area contributed by atoms with E-state index in [2.05, 4.69) is 10.6 Å². The average molecular weight is 270 g/mol. The zero-order chi connectivity index (χ0) is 14.4. The fourth-order valence-electron chi connectivity index (χ4n) is 1.71. The maximum Gasteiger partial charge on any atom is 0.242 e. The third-order valence-corrected chi connectivity index (χ3v) is 3.05. The van der Waals surface area contributed by atoms with Crippen molar-refractivity contribution in [2.75, 3.05) is 26.2 Å². The van der Waals surface area contributed by atoms with Crippen molar-refractivity contribution in [3.63, 3.8) is 0 Å². The van der Waals surface area contributed by atoms with Crippen molar-refractivity contribution in [1.29, 1.82) is 0 Å². The lowest BCUT2D eigenvalue weighted by Gasteiger charge is -2.20. The molecular formula is C12H22N4O3. The molecule has 1 aliphatic heterocycles. The molecule has 1 saturated heterocycles. The minimum absolute atomic E-state index is 0.0130. The topological polar surface area (TPSA) is 105 Å². The number of nitrogens with one attached hydrogen (secondary N) is 2. The number of nitrogens with zero attached hydrogens (tertiary/aromatic N) is 1. The van der Waals surface area contributed by atoms with Crippen LogP contribution < -0.4 is 16.4 Å². The first-order valence-corrected chi connectivity index (χ1v) is 6.49. The van der Waals surface area contributed by atoms with Crippen molar-refractivity contribution in [2.24, 2.45) is 11.7 Å². The Morgan fingerprint density at radius 3 is 2.79 bits per heavy atom. The van der Waals surface area contributed by atoms with Gasteiger partial charge in [0.1, 0.15) is 0 Å². The first kappa shape index (κ1) is 15.4. The van der Waals surface area contributed by atoms with Gasteiger partial charge in [-0.3, -0.25) is 14.4 Å². The van der Waals surface area contributed by atoms with Gasteiger partial charge >= 0.3 is 0 Å². The van der Waals surface area contributed by atoms with E-state index >= 15 is 0 Å². The van der Waals surface area contributed by atoms with Gasteiger partial charge in [-0.2, -0.15) is 0 Å². The van der Waals surface area contributed by atoms with Crippen molar-refractivity contribution < 1.29 is 14.4 Å². The molecule has 0 spiro atoms. The summed E-state index contributed by atoms with van der Waals surface area (Å²) in [5.41, 5.74) is 5.67. The Kier molecular flexibility index (Phi) is 5.75. The van der Waals surface area contributed by atoms with Crippen molar-refractivity contribution in [1.82, 2.24) is 15.5 Å². The molecule has 108 valence electrons. The molecule has 0 saturated carbocycles. The SMILES string of the molecule is CC(C)[C@H](N)C(=O)NCC(=O)N1CCCNC(=O)C1. The van der Waals surface area contributed by atoms with Crippen LogP contribution >= 0.6 is 0 Å². The van der Waals surface area contributed by atoms with Gasteiger partial charge in [0.05, 0.1) is 19.1 Å². The maximum atomic E-state index is 11.9. The zero-order valence-electron chi connectivity index (χ0n) is 11.4. The predicted octanol–water partition coefficient (Wildman–Crippen LogP) is -1.57. The van der Waals surface area contributed by atoms with Crippen LogP contribution in [0.15, 0.2) is 0 Å². The van der Waals surface area contributed by atoms with Gasteiger partial charge < -0.3 is 21.3 Å². The Hall–Kier alpha value is -1.63. The van der Waals surface area contributed by atoms with E-state index in [4.69, 9.17) is 5.73 Å². The Morgan fingerprint density at radius 2 is 2.16 bits per heavy atom. The molecule has 3 amide bonds. The quantitative estimate of drug-likeness (QED) is 0.574. The monoisotopic (exact) mass is 270 g/mol. The molecule has 0 aliphatic carbocycles. The summed E-state index contributed by atoms with van der Waals surface area (Å²) < 4.78 is 0. The highest BCUT2D eigenvalue weighted by Crippen LogP contribution is 1.99. The third-order valence-electron chi connectivity index (χ3n) is 3.05. The van der Waals surface area contributed by atoms with Crippen LogP contribution in [0.1, 0.15) is 20.3 Å². The van der Waals surface area contributed by atoms with Gasteiger partial charge in [0.2, 0.25) is 17.7 Å². The molecule has 1 atom stereocenters. The van der Waals surface area contributed by atoms with Crippen molar-refractivity contribution in [2.45, 2.75) is 26.3 Å². The summed E-state index contributed by atoms with van der Waals surface area (Å²) in [5.74, 6) is -0.765. The van der Waals surface area contributed by atoms with Gasteiger partial charge in [0.15, 0.2) is 0 Å². The fraction of sp³-hybridized carbons (Fsp3) is 0.750. The van der Waals surface area contributed by atoms with Gasteiger partial charge in [-0.1, -0.05) is 13.8 Å². The van der Waals surface area contributed by atoms with Gasteiger partial charge in [0.25, 0.3) is 0 Å². The molecule has 1 heterocycles. The number of hydrogen-bond donors (Lipinski definition) is 3. The summed E-state index contributed by atoms with van der Waals surface area (Å²) in [6.07, 6.45) is 0.719. The lowest BCUT2D eigenvalue weighted by molar-refractivity contribution is -0.136. The normalized spacial score (nSPS) is 17.7. The highest BCUT2D eigenvalue weighted by molar-refractivity contribution is 5.89. The second-order valence-electron chi connectivity index (χ2n) is 5.01. The first-order chi connectivity index (χ1) is 8.91. The van der Waals surface area contributed by atoms with E-state index in [1.54, 1.807) is 0 Å². The lowest BCUT2D eigenvalue weighted by Crippen LogP contribution is -2.48. The Labute approximate surface area is 112 Å². The van der Waals surface area contributed by atoms with Crippen LogP contribution in [0.4, 0.5) is 0 Å². The Bertz CT molecular complexity index is 357. The maximum absolute atomic E-state index is 11.9. The lowest BCUT2D eigenvalue weighted by atomic mass is 10.1. The number of carbonyl (C=O) groups is 3. The summed E-state index contributed by atoms with van der Waals surface area (Å²) in [6.45, 7) is 4.70. The van der Waals surface area contributed by atoms with Crippen molar-refractivity contribution in [3.8, 4) is 0 Å². The summed E-state index contributed by atoms with van der Waals surface area (Å²) in [6, 6.07) is -0.625. The summed E-state index contributed by atoms with van der Waals surface area (Å²) in [4.78, 5) is 36.3. The number of amides is 3. The molecule has 7 nitrogen and oxygen atoms in total. The molecule has 7 heteroatoms. The minimum atomic E-state index is -0.625. The van der Waals surface area contributed by atoms with Crippen LogP contribution in [0.5, 0.6) is 0 Å². The van der Waals surface area contributed by atoms with Crippen LogP contribution in [0.25, 0.3) is 0 Å². The van der Waals surface area contributed by atoms with E-state index in [-0.39, 0.29) is 36.7 Å². The molecule has 0 aromatic rings. The minimum Gasteiger partial charge on any atom is -0.354 e. The average Bonchev–Trinajstić information content (AvgIpc) is 2.59. The van der Waals surface area contributed by atoms with Gasteiger partial charge in [-0.25, -0.2) is 0 Å². The van der Waals surface area contributed by atoms with Gasteiger partial charge in [0, 0.05) is 13.1 Å². The number of nitrogens with two attached hydrogens (primary N) is 1. The molecule has 0 unspecified atom stereocenters. The molecule has 0 aromatic heterocycles. The molecular weight excluding hydrogens is 248 g/mol. The van der Waals surface area contributed by atoms with E-state index in [0.29, 0.717) is 13.1 Å². The van der Waals surface area contributed by atoms with Crippen LogP contribution in [0, 0.1) is 5.92 Å². The summed E-state index contributed by atoms with van der Waals surface area (Å²) in [5, 5.41) is 5.20. The smallest absolute Gasteiger partial charge is 0.242 e. The number of hydrogen-bond acceptors (Lipinski definition) is 4. The van der Waals surface area contributed by atoms with E-state index in [1.807, 2.05) is 13.8 Å². The molecule has 1 aliphatic rings. The van der Waals surface area contributed by atoms with E-state index in [1.165, 1.54) is 4.90 Å². The largest absolute Gasteiger partial charge is 0.354 e. The summed E-state index contributed by atoms with van der Waals surface area (Å²) in [7, 11) is 0. The zero-order valence-corrected chi connectivity index (χ0v) is 11.4. The second kappa shape index (κ2) is 7.08. The highest BCUT2D eigenvalue weighted by atomic mass is 16.2. The Morgan fingerprint density at radius 1 is 1.47 bits per heavy atom. The summed E-state index contributed by atoms with van der Waals surface area (Å²) >= 11 is 0. The number of rotatable bonds is 4. The molecule has 0 radical (unpaired) electrons. The first-order valence-electron chi connectivity index (χ1n) is 6.49. The third kappa shape index (κ3) is 4.86. The van der Waals surface area contributed by atoms with Crippen LogP contribution in [-0.2, 0) is 14.4 Å². The number of carbonyl (C=O) groups excluding carboxylic acids is 3. The standard InChI is InChI=1S/C12H22N4O3/c1-8(2)11(13)12(19)15-6-10(18)16-5-3-4-14-9(17)7-16/h8,11H,3-7,13H2,1-2H3,(H,14,17)(H,15,19)/t11-/m0/s1. The fourth-order valence-corrected chi connectivity index (χ4v) is 1.71. The molecule has 4 N–H and O–H groups in total. The van der Waals surface area contributed by atoms with Crippen molar-refractivity contribution in [3.05, 3.63) is 0 Å². The van der Waals surface area contributed by atoms with Gasteiger partial charge in [-0.05, 0) is 12.3 Å². The Balaban J connectivity index is 2.42. The van der Waals surface area contributed by atoms with E-state index in [0.717, 1.165) is 6.42 Å². The van der Waals surface area contributed by atoms with Crippen LogP contribution in [0.3, 0.4) is 0 Å². The molecule has 1 rings (SSSR count). The van der Waals surface area contributed by atoms with E-state index in [9.17, 15) is 14.4 Å². The highest BCUT2D eigenvalue weighted by Gasteiger charge is 2.22. The molecule has 0 bridgehead atoms. The van der Waals surface area contributed by atoms with Crippen molar-refractivity contribution >= 4 is 17.7 Å². The second-order valence-corrected chi connectivity index (χ2v) is 5.01. The van der Waals surface area contributed by atoms with Crippen LogP contribution in [0.2, 0.25) is 0 Å². The van der Waals surface area contributed by atoms with E-state index < -0.39 is 6.04 Å². The molecule has 0 aromatic carbocycles. The molecule has 1 fully saturated rings. The molecule has 19 heavy (non-hydrogen) atoms.